The number of sulfonamides is 1. The van der Waals surface area contributed by atoms with Gasteiger partial charge in [-0.3, -0.25) is 0 Å². The molecule has 1 atom stereocenters. The maximum absolute atomic E-state index is 13.5. The van der Waals surface area contributed by atoms with E-state index in [0.29, 0.717) is 17.9 Å². The number of hydrogen-bond acceptors (Lipinski definition) is 8. The minimum Gasteiger partial charge on any atom is -0.383 e. The van der Waals surface area contributed by atoms with E-state index in [2.05, 4.69) is 31.1 Å². The van der Waals surface area contributed by atoms with Crippen molar-refractivity contribution in [3.8, 4) is 0 Å². The van der Waals surface area contributed by atoms with Gasteiger partial charge in [0.1, 0.15) is 22.9 Å². The van der Waals surface area contributed by atoms with Gasteiger partial charge in [-0.25, -0.2) is 36.9 Å². The fraction of sp³-hybridized carbons (Fsp3) is 0.160. The molecule has 0 spiro atoms. The van der Waals surface area contributed by atoms with Crippen molar-refractivity contribution < 1.29 is 17.2 Å². The molecule has 2 aromatic carbocycles. The minimum absolute atomic E-state index is 0.0289. The van der Waals surface area contributed by atoms with E-state index in [0.717, 1.165) is 39.9 Å². The van der Waals surface area contributed by atoms with Crippen LogP contribution < -0.4 is 15.8 Å². The van der Waals surface area contributed by atoms with Gasteiger partial charge in [0.05, 0.1) is 5.52 Å². The third kappa shape index (κ3) is 5.55. The van der Waals surface area contributed by atoms with Crippen LogP contribution in [0.15, 0.2) is 72.0 Å². The predicted molar refractivity (Wildman–Crippen MR) is 141 cm³/mol. The number of benzene rings is 2. The molecule has 0 saturated carbocycles. The zero-order valence-electron chi connectivity index (χ0n) is 19.4. The van der Waals surface area contributed by atoms with Crippen molar-refractivity contribution in [1.82, 2.24) is 19.7 Å². The zero-order valence-corrected chi connectivity index (χ0v) is 21.0. The maximum atomic E-state index is 13.5. The minimum atomic E-state index is -3.97. The molecule has 4 N–H and O–H groups in total. The average molecular weight is 541 g/mol. The molecule has 12 heteroatoms. The molecule has 0 bridgehead atoms. The van der Waals surface area contributed by atoms with Crippen molar-refractivity contribution in [1.29, 1.82) is 0 Å². The molecule has 2 aromatic heterocycles. The monoisotopic (exact) mass is 540 g/mol. The average Bonchev–Trinajstić information content (AvgIpc) is 3.38. The molecule has 1 aliphatic rings. The van der Waals surface area contributed by atoms with Crippen LogP contribution in [0, 0.1) is 11.6 Å². The normalized spacial score (nSPS) is 15.6. The van der Waals surface area contributed by atoms with Gasteiger partial charge in [-0.2, -0.15) is 0 Å². The summed E-state index contributed by atoms with van der Waals surface area (Å²) in [4.78, 5) is 13.6. The van der Waals surface area contributed by atoms with E-state index in [-0.39, 0.29) is 22.5 Å². The van der Waals surface area contributed by atoms with Gasteiger partial charge in [0.15, 0.2) is 11.6 Å². The first-order valence-electron chi connectivity index (χ1n) is 11.3. The molecule has 5 rings (SSSR count). The Labute approximate surface area is 216 Å². The van der Waals surface area contributed by atoms with E-state index in [4.69, 9.17) is 5.73 Å². The number of rotatable bonds is 8. The standard InChI is InChI=1S/C25H22F2N6O2S2/c26-19-6-3-15(10-20(19)27)12-33-37(34,35)23-2-1-9-29-25(23)30-13-17-5-8-22(36-17)16-4-7-21-18(11-16)24(28)32-14-31-21/h1-4,6-11,14,17,33H,5,12-13H2,(H,29,30)(H2,28,31,32). The predicted octanol–water partition coefficient (Wildman–Crippen LogP) is 4.32. The molecule has 0 radical (unpaired) electrons. The van der Waals surface area contributed by atoms with Gasteiger partial charge < -0.3 is 11.1 Å². The number of hydrogen-bond donors (Lipinski definition) is 3. The van der Waals surface area contributed by atoms with Gasteiger partial charge in [0, 0.05) is 34.8 Å². The molecular weight excluding hydrogens is 518 g/mol. The fourth-order valence-electron chi connectivity index (χ4n) is 3.91. The second-order valence-corrected chi connectivity index (χ2v) is 11.4. The van der Waals surface area contributed by atoms with Crippen LogP contribution in [-0.2, 0) is 16.6 Å². The fourth-order valence-corrected chi connectivity index (χ4v) is 6.23. The summed E-state index contributed by atoms with van der Waals surface area (Å²) in [5.74, 6) is -1.39. The van der Waals surface area contributed by atoms with Crippen LogP contribution in [0.4, 0.5) is 20.4 Å². The number of anilines is 2. The zero-order chi connectivity index (χ0) is 26.0. The van der Waals surface area contributed by atoms with Crippen LogP contribution in [0.1, 0.15) is 17.5 Å². The van der Waals surface area contributed by atoms with Gasteiger partial charge in [0.2, 0.25) is 10.0 Å². The largest absolute Gasteiger partial charge is 0.383 e. The van der Waals surface area contributed by atoms with Crippen LogP contribution in [0.25, 0.3) is 15.8 Å². The number of nitrogens with one attached hydrogen (secondary N) is 2. The van der Waals surface area contributed by atoms with Gasteiger partial charge in [-0.05, 0) is 53.9 Å². The molecular formula is C25H22F2N6O2S2. The van der Waals surface area contributed by atoms with Crippen molar-refractivity contribution >= 4 is 49.2 Å². The molecule has 37 heavy (non-hydrogen) atoms. The van der Waals surface area contributed by atoms with Crippen LogP contribution in [0.3, 0.4) is 0 Å². The van der Waals surface area contributed by atoms with E-state index in [9.17, 15) is 17.2 Å². The summed E-state index contributed by atoms with van der Waals surface area (Å²) in [6, 6.07) is 12.1. The van der Waals surface area contributed by atoms with Crippen LogP contribution in [0.5, 0.6) is 0 Å². The lowest BCUT2D eigenvalue weighted by Gasteiger charge is -2.15. The summed E-state index contributed by atoms with van der Waals surface area (Å²) >= 11 is 1.68. The highest BCUT2D eigenvalue weighted by Gasteiger charge is 2.23. The van der Waals surface area contributed by atoms with Crippen molar-refractivity contribution in [2.75, 3.05) is 17.6 Å². The van der Waals surface area contributed by atoms with Crippen molar-refractivity contribution in [3.63, 3.8) is 0 Å². The van der Waals surface area contributed by atoms with Crippen LogP contribution in [-0.4, -0.2) is 35.2 Å². The summed E-state index contributed by atoms with van der Waals surface area (Å²) in [5.41, 5.74) is 8.09. The number of nitrogens with zero attached hydrogens (tertiary/aromatic N) is 3. The third-order valence-electron chi connectivity index (χ3n) is 5.82. The Kier molecular flexibility index (Phi) is 7.04. The van der Waals surface area contributed by atoms with Crippen LogP contribution >= 0.6 is 11.8 Å². The number of fused-ring (bicyclic) bond motifs is 1. The lowest BCUT2D eigenvalue weighted by atomic mass is 10.1. The molecule has 0 aliphatic carbocycles. The molecule has 1 aliphatic heterocycles. The molecule has 0 fully saturated rings. The number of nitrogens with two attached hydrogens (primary N) is 1. The molecule has 3 heterocycles. The third-order valence-corrected chi connectivity index (χ3v) is 8.60. The summed E-state index contributed by atoms with van der Waals surface area (Å²) < 4.78 is 54.9. The number of aromatic nitrogens is 3. The maximum Gasteiger partial charge on any atom is 0.244 e. The molecule has 0 saturated heterocycles. The Balaban J connectivity index is 1.23. The topological polar surface area (TPSA) is 123 Å². The van der Waals surface area contributed by atoms with E-state index in [1.54, 1.807) is 11.8 Å². The highest BCUT2D eigenvalue weighted by Crippen LogP contribution is 2.40. The lowest BCUT2D eigenvalue weighted by molar-refractivity contribution is 0.506. The number of pyridine rings is 1. The van der Waals surface area contributed by atoms with E-state index in [1.807, 2.05) is 18.2 Å². The Morgan fingerprint density at radius 3 is 2.76 bits per heavy atom. The van der Waals surface area contributed by atoms with Gasteiger partial charge in [-0.1, -0.05) is 18.2 Å². The summed E-state index contributed by atoms with van der Waals surface area (Å²) in [7, 11) is -3.97. The molecule has 1 unspecified atom stereocenters. The second-order valence-electron chi connectivity index (χ2n) is 8.34. The Morgan fingerprint density at radius 1 is 1.05 bits per heavy atom. The first-order valence-corrected chi connectivity index (χ1v) is 13.7. The van der Waals surface area contributed by atoms with E-state index in [1.165, 1.54) is 30.7 Å². The Morgan fingerprint density at radius 2 is 1.92 bits per heavy atom. The van der Waals surface area contributed by atoms with Gasteiger partial charge in [-0.15, -0.1) is 11.8 Å². The van der Waals surface area contributed by atoms with Crippen LogP contribution in [0.2, 0.25) is 0 Å². The van der Waals surface area contributed by atoms with E-state index < -0.39 is 21.7 Å². The van der Waals surface area contributed by atoms with Crippen molar-refractivity contribution in [3.05, 3.63) is 89.9 Å². The molecule has 8 nitrogen and oxygen atoms in total. The first-order chi connectivity index (χ1) is 17.8. The summed E-state index contributed by atoms with van der Waals surface area (Å²) in [6.45, 7) is 0.285. The second kappa shape index (κ2) is 10.4. The number of nitrogen functional groups attached to an aromatic ring is 1. The first kappa shape index (κ1) is 25.1. The lowest BCUT2D eigenvalue weighted by Crippen LogP contribution is -2.25. The van der Waals surface area contributed by atoms with Gasteiger partial charge in [0.25, 0.3) is 0 Å². The van der Waals surface area contributed by atoms with Crippen molar-refractivity contribution in [2.45, 2.75) is 23.1 Å². The highest BCUT2D eigenvalue weighted by atomic mass is 32.2. The summed E-state index contributed by atoms with van der Waals surface area (Å²) in [5, 5.41) is 4.10. The van der Waals surface area contributed by atoms with E-state index >= 15 is 0 Å². The Hall–Kier alpha value is -3.61. The van der Waals surface area contributed by atoms with Gasteiger partial charge >= 0.3 is 0 Å². The number of allylic oxidation sites excluding steroid dienone is 1. The molecule has 4 aromatic rings. The quantitative estimate of drug-likeness (QED) is 0.302. The number of thioether (sulfide) groups is 1. The Bertz CT molecular complexity index is 1610. The van der Waals surface area contributed by atoms with Crippen molar-refractivity contribution in [2.24, 2.45) is 0 Å². The highest BCUT2D eigenvalue weighted by molar-refractivity contribution is 8.09. The summed E-state index contributed by atoms with van der Waals surface area (Å²) in [6.07, 6.45) is 5.86. The number of halogens is 2. The molecule has 190 valence electrons. The smallest absolute Gasteiger partial charge is 0.244 e. The SMILES string of the molecule is Nc1ncnc2ccc(C3=CCC(CNc4ncccc4S(=O)(=O)NCc4ccc(F)c(F)c4)S3)cc12. The molecule has 0 amide bonds.